The standard InChI is InChI=1S/C29H30Cl2N6O/c1-19(2)36(23-10-8-22(31)9-11-23)29(38)37-24-12-13-25(37)17-34(16-24)18-26-27(20-4-6-21(30)7-5-20)33-28-32-14-3-15-35(26)28/h3-11,14-15,19,24-25H,12-13,16-18H2,1-2H3. The number of aromatic nitrogens is 3. The normalized spacial score (nSPS) is 19.4. The topological polar surface area (TPSA) is 57.0 Å². The van der Waals surface area contributed by atoms with Gasteiger partial charge in [-0.3, -0.25) is 14.2 Å². The first-order valence-electron chi connectivity index (χ1n) is 13.1. The smallest absolute Gasteiger partial charge is 0.316 e. The van der Waals surface area contributed by atoms with Crippen LogP contribution in [0.5, 0.6) is 0 Å². The van der Waals surface area contributed by atoms with Crippen molar-refractivity contribution >= 4 is 40.7 Å². The Labute approximate surface area is 232 Å². The fraction of sp³-hybridized carbons (Fsp3) is 0.345. The van der Waals surface area contributed by atoms with Crippen LogP contribution in [0.1, 0.15) is 32.4 Å². The van der Waals surface area contributed by atoms with Crippen LogP contribution in [0.15, 0.2) is 67.0 Å². The maximum Gasteiger partial charge on any atom is 0.325 e. The van der Waals surface area contributed by atoms with Gasteiger partial charge in [0.1, 0.15) is 0 Å². The second-order valence-corrected chi connectivity index (χ2v) is 11.3. The molecule has 2 saturated heterocycles. The number of benzene rings is 2. The van der Waals surface area contributed by atoms with Gasteiger partial charge < -0.3 is 4.90 Å². The average molecular weight is 550 g/mol. The Bertz CT molecular complexity index is 1440. The Balaban J connectivity index is 1.26. The van der Waals surface area contributed by atoms with Gasteiger partial charge in [-0.15, -0.1) is 0 Å². The summed E-state index contributed by atoms with van der Waals surface area (Å²) in [7, 11) is 0. The highest BCUT2D eigenvalue weighted by molar-refractivity contribution is 6.31. The third-order valence-electron chi connectivity index (χ3n) is 7.60. The van der Waals surface area contributed by atoms with E-state index in [0.717, 1.165) is 55.1 Å². The molecule has 2 amide bonds. The predicted molar refractivity (Wildman–Crippen MR) is 152 cm³/mol. The van der Waals surface area contributed by atoms with Crippen molar-refractivity contribution in [3.8, 4) is 11.3 Å². The molecule has 0 spiro atoms. The van der Waals surface area contributed by atoms with Gasteiger partial charge in [0, 0.05) is 71.4 Å². The third kappa shape index (κ3) is 4.64. The first-order valence-corrected chi connectivity index (χ1v) is 13.8. The van der Waals surface area contributed by atoms with E-state index in [4.69, 9.17) is 28.2 Å². The minimum Gasteiger partial charge on any atom is -0.316 e. The van der Waals surface area contributed by atoms with Crippen molar-refractivity contribution in [3.05, 3.63) is 82.7 Å². The number of hydrogen-bond donors (Lipinski definition) is 0. The number of rotatable bonds is 5. The second-order valence-electron chi connectivity index (χ2n) is 10.4. The maximum absolute atomic E-state index is 13.9. The Morgan fingerprint density at radius 2 is 1.63 bits per heavy atom. The number of piperazine rings is 1. The number of likely N-dealkylation sites (tertiary alicyclic amines) is 1. The molecule has 0 radical (unpaired) electrons. The van der Waals surface area contributed by atoms with E-state index in [2.05, 4.69) is 33.0 Å². The number of nitrogens with zero attached hydrogens (tertiary/aromatic N) is 6. The van der Waals surface area contributed by atoms with Gasteiger partial charge in [-0.1, -0.05) is 35.3 Å². The largest absolute Gasteiger partial charge is 0.325 e. The van der Waals surface area contributed by atoms with Crippen LogP contribution in [0.3, 0.4) is 0 Å². The molecule has 2 bridgehead atoms. The zero-order chi connectivity index (χ0) is 26.4. The van der Waals surface area contributed by atoms with Crippen LogP contribution in [0.25, 0.3) is 17.0 Å². The Hall–Kier alpha value is -3.13. The van der Waals surface area contributed by atoms with E-state index in [0.29, 0.717) is 15.8 Å². The van der Waals surface area contributed by atoms with Gasteiger partial charge in [0.25, 0.3) is 0 Å². The molecule has 2 aromatic carbocycles. The predicted octanol–water partition coefficient (Wildman–Crippen LogP) is 6.39. The summed E-state index contributed by atoms with van der Waals surface area (Å²) in [6.07, 6.45) is 5.81. The number of anilines is 1. The highest BCUT2D eigenvalue weighted by Gasteiger charge is 2.44. The lowest BCUT2D eigenvalue weighted by molar-refractivity contribution is 0.0858. The minimum absolute atomic E-state index is 0.0358. The van der Waals surface area contributed by atoms with Crippen LogP contribution in [-0.4, -0.2) is 61.4 Å². The fourth-order valence-corrected chi connectivity index (χ4v) is 6.18. The Morgan fingerprint density at radius 1 is 1.00 bits per heavy atom. The molecule has 2 aliphatic heterocycles. The fourth-order valence-electron chi connectivity index (χ4n) is 5.92. The molecule has 7 nitrogen and oxygen atoms in total. The van der Waals surface area contributed by atoms with Crippen LogP contribution in [0, 0.1) is 0 Å². The summed E-state index contributed by atoms with van der Waals surface area (Å²) in [6.45, 7) is 6.49. The molecule has 9 heteroatoms. The van der Waals surface area contributed by atoms with Gasteiger partial charge in [0.15, 0.2) is 0 Å². The van der Waals surface area contributed by atoms with E-state index >= 15 is 0 Å². The molecule has 196 valence electrons. The quantitative estimate of drug-likeness (QED) is 0.290. The summed E-state index contributed by atoms with van der Waals surface area (Å²) in [5, 5.41) is 1.36. The third-order valence-corrected chi connectivity index (χ3v) is 8.10. The van der Waals surface area contributed by atoms with Gasteiger partial charge in [0.2, 0.25) is 5.78 Å². The number of imidazole rings is 1. The molecule has 4 heterocycles. The van der Waals surface area contributed by atoms with Crippen molar-refractivity contribution in [2.75, 3.05) is 18.0 Å². The number of amides is 2. The molecule has 2 aliphatic rings. The van der Waals surface area contributed by atoms with Crippen LogP contribution >= 0.6 is 23.2 Å². The van der Waals surface area contributed by atoms with E-state index in [9.17, 15) is 4.79 Å². The molecular formula is C29H30Cl2N6O. The van der Waals surface area contributed by atoms with Gasteiger partial charge >= 0.3 is 6.03 Å². The number of carbonyl (C=O) groups is 1. The zero-order valence-corrected chi connectivity index (χ0v) is 23.0. The number of hydrogen-bond acceptors (Lipinski definition) is 4. The summed E-state index contributed by atoms with van der Waals surface area (Å²) in [5.41, 5.74) is 3.91. The molecule has 0 aliphatic carbocycles. The minimum atomic E-state index is 0.0358. The first-order chi connectivity index (χ1) is 18.4. The summed E-state index contributed by atoms with van der Waals surface area (Å²) in [6, 6.07) is 17.7. The summed E-state index contributed by atoms with van der Waals surface area (Å²) >= 11 is 12.3. The molecule has 4 aromatic rings. The Morgan fingerprint density at radius 3 is 2.26 bits per heavy atom. The van der Waals surface area contributed by atoms with Gasteiger partial charge in [-0.2, -0.15) is 0 Å². The van der Waals surface area contributed by atoms with E-state index < -0.39 is 0 Å². The summed E-state index contributed by atoms with van der Waals surface area (Å²) in [5.74, 6) is 0.680. The zero-order valence-electron chi connectivity index (χ0n) is 21.5. The highest BCUT2D eigenvalue weighted by Crippen LogP contribution is 2.35. The molecule has 6 rings (SSSR count). The van der Waals surface area contributed by atoms with E-state index in [1.54, 1.807) is 6.20 Å². The van der Waals surface area contributed by atoms with Crippen LogP contribution in [0.2, 0.25) is 10.0 Å². The summed E-state index contributed by atoms with van der Waals surface area (Å²) < 4.78 is 2.07. The maximum atomic E-state index is 13.9. The monoisotopic (exact) mass is 548 g/mol. The molecule has 0 N–H and O–H groups in total. The highest BCUT2D eigenvalue weighted by atomic mass is 35.5. The molecule has 2 aromatic heterocycles. The van der Waals surface area contributed by atoms with Gasteiger partial charge in [-0.25, -0.2) is 14.8 Å². The number of fused-ring (bicyclic) bond motifs is 3. The molecule has 2 atom stereocenters. The molecule has 2 fully saturated rings. The van der Waals surface area contributed by atoms with Crippen molar-refractivity contribution in [3.63, 3.8) is 0 Å². The lowest BCUT2D eigenvalue weighted by Gasteiger charge is -2.44. The first kappa shape index (κ1) is 25.2. The van der Waals surface area contributed by atoms with Crippen molar-refractivity contribution in [1.82, 2.24) is 24.2 Å². The molecular weight excluding hydrogens is 519 g/mol. The molecule has 0 saturated carbocycles. The average Bonchev–Trinajstić information content (AvgIpc) is 3.40. The van der Waals surface area contributed by atoms with Crippen LogP contribution in [0.4, 0.5) is 10.5 Å². The molecule has 2 unspecified atom stereocenters. The second kappa shape index (κ2) is 10.2. The number of urea groups is 1. The van der Waals surface area contributed by atoms with E-state index in [1.165, 1.54) is 0 Å². The summed E-state index contributed by atoms with van der Waals surface area (Å²) in [4.78, 5) is 29.7. The van der Waals surface area contributed by atoms with Crippen molar-refractivity contribution in [2.45, 2.75) is 51.4 Å². The van der Waals surface area contributed by atoms with Crippen molar-refractivity contribution in [1.29, 1.82) is 0 Å². The van der Waals surface area contributed by atoms with Crippen molar-refractivity contribution < 1.29 is 4.79 Å². The van der Waals surface area contributed by atoms with E-state index in [1.807, 2.05) is 65.7 Å². The number of carbonyl (C=O) groups excluding carboxylic acids is 1. The van der Waals surface area contributed by atoms with Crippen LogP contribution in [-0.2, 0) is 6.54 Å². The molecule has 38 heavy (non-hydrogen) atoms. The van der Waals surface area contributed by atoms with Gasteiger partial charge in [0.05, 0.1) is 11.4 Å². The van der Waals surface area contributed by atoms with Gasteiger partial charge in [-0.05, 0) is 69.2 Å². The number of halogens is 2. The van der Waals surface area contributed by atoms with E-state index in [-0.39, 0.29) is 24.2 Å². The van der Waals surface area contributed by atoms with Crippen molar-refractivity contribution in [2.24, 2.45) is 0 Å². The van der Waals surface area contributed by atoms with Crippen LogP contribution < -0.4 is 4.90 Å². The Kier molecular flexibility index (Phi) is 6.76. The lowest BCUT2D eigenvalue weighted by atomic mass is 10.1. The lowest BCUT2D eigenvalue weighted by Crippen LogP contribution is -2.59. The SMILES string of the molecule is CC(C)N(C(=O)N1C2CCC1CN(Cc1c(-c3ccc(Cl)cc3)nc3ncccn13)C2)c1ccc(Cl)cc1.